The van der Waals surface area contributed by atoms with E-state index in [4.69, 9.17) is 0 Å². The average molecular weight is 262 g/mol. The van der Waals surface area contributed by atoms with Gasteiger partial charge in [-0.3, -0.25) is 0 Å². The van der Waals surface area contributed by atoms with E-state index in [1.807, 2.05) is 6.92 Å². The lowest BCUT2D eigenvalue weighted by Crippen LogP contribution is -2.43. The summed E-state index contributed by atoms with van der Waals surface area (Å²) in [5.74, 6) is 2.94. The molecular formula is C15H26N4. The van der Waals surface area contributed by atoms with Gasteiger partial charge in [0.25, 0.3) is 0 Å². The first-order valence-electron chi connectivity index (χ1n) is 7.26. The molecule has 1 N–H and O–H groups in total. The lowest BCUT2D eigenvalue weighted by atomic mass is 9.94. The van der Waals surface area contributed by atoms with Crippen LogP contribution in [0.1, 0.15) is 44.6 Å². The van der Waals surface area contributed by atoms with Gasteiger partial charge in [0.1, 0.15) is 11.6 Å². The van der Waals surface area contributed by atoms with E-state index in [1.54, 1.807) is 0 Å². The molecule has 1 aromatic heterocycles. The third-order valence-electron chi connectivity index (χ3n) is 3.83. The van der Waals surface area contributed by atoms with Gasteiger partial charge < -0.3 is 10.2 Å². The maximum Gasteiger partial charge on any atom is 0.133 e. The van der Waals surface area contributed by atoms with Crippen LogP contribution in [0.2, 0.25) is 0 Å². The molecule has 0 aliphatic carbocycles. The second kappa shape index (κ2) is 5.87. The zero-order chi connectivity index (χ0) is 14.0. The van der Waals surface area contributed by atoms with Crippen molar-refractivity contribution in [3.63, 3.8) is 0 Å². The monoisotopic (exact) mass is 262 g/mol. The van der Waals surface area contributed by atoms with Crippen molar-refractivity contribution in [2.75, 3.05) is 25.5 Å². The van der Waals surface area contributed by atoms with Crippen molar-refractivity contribution in [2.45, 2.75) is 46.1 Å². The van der Waals surface area contributed by atoms with Crippen LogP contribution in [0.3, 0.4) is 0 Å². The number of anilines is 1. The van der Waals surface area contributed by atoms with Crippen molar-refractivity contribution in [2.24, 2.45) is 5.92 Å². The molecule has 4 heteroatoms. The van der Waals surface area contributed by atoms with Crippen LogP contribution < -0.4 is 5.32 Å². The standard InChI is InChI=1S/C15H26N4/c1-10(2)15-16-12(4)8-14(18-15)17-13-6-7-19(5)9-11(13)3/h8,10-11,13H,6-7,9H2,1-5H3,(H,16,17,18). The summed E-state index contributed by atoms with van der Waals surface area (Å²) in [6.45, 7) is 10.9. The summed E-state index contributed by atoms with van der Waals surface area (Å²) in [5.41, 5.74) is 1.04. The van der Waals surface area contributed by atoms with Crippen LogP contribution in [0.25, 0.3) is 0 Å². The molecule has 0 bridgehead atoms. The summed E-state index contributed by atoms with van der Waals surface area (Å²) in [7, 11) is 2.19. The predicted octanol–water partition coefficient (Wildman–Crippen LogP) is 2.66. The van der Waals surface area contributed by atoms with Crippen LogP contribution in [-0.2, 0) is 0 Å². The Morgan fingerprint density at radius 3 is 2.74 bits per heavy atom. The van der Waals surface area contributed by atoms with E-state index in [1.165, 1.54) is 6.42 Å². The second-order valence-corrected chi connectivity index (χ2v) is 6.19. The minimum Gasteiger partial charge on any atom is -0.367 e. The van der Waals surface area contributed by atoms with Gasteiger partial charge in [-0.1, -0.05) is 20.8 Å². The van der Waals surface area contributed by atoms with Crippen molar-refractivity contribution in [1.29, 1.82) is 0 Å². The molecule has 0 spiro atoms. The van der Waals surface area contributed by atoms with E-state index in [-0.39, 0.29) is 0 Å². The largest absolute Gasteiger partial charge is 0.367 e. The molecule has 0 radical (unpaired) electrons. The van der Waals surface area contributed by atoms with Gasteiger partial charge in [0.05, 0.1) is 0 Å². The smallest absolute Gasteiger partial charge is 0.133 e. The molecule has 1 aromatic rings. The van der Waals surface area contributed by atoms with E-state index < -0.39 is 0 Å². The maximum absolute atomic E-state index is 4.64. The van der Waals surface area contributed by atoms with E-state index >= 15 is 0 Å². The Morgan fingerprint density at radius 2 is 2.11 bits per heavy atom. The highest BCUT2D eigenvalue weighted by Crippen LogP contribution is 2.21. The highest BCUT2D eigenvalue weighted by atomic mass is 15.1. The van der Waals surface area contributed by atoms with Crippen LogP contribution in [-0.4, -0.2) is 41.0 Å². The molecule has 19 heavy (non-hydrogen) atoms. The SMILES string of the molecule is Cc1cc(NC2CCN(C)CC2C)nc(C(C)C)n1. The number of hydrogen-bond acceptors (Lipinski definition) is 4. The van der Waals surface area contributed by atoms with Crippen molar-refractivity contribution in [3.8, 4) is 0 Å². The van der Waals surface area contributed by atoms with Crippen molar-refractivity contribution >= 4 is 5.82 Å². The molecule has 2 rings (SSSR count). The molecule has 0 aromatic carbocycles. The first kappa shape index (κ1) is 14.3. The quantitative estimate of drug-likeness (QED) is 0.909. The van der Waals surface area contributed by atoms with Gasteiger partial charge in [-0.05, 0) is 32.9 Å². The molecule has 1 saturated heterocycles. The fourth-order valence-electron chi connectivity index (χ4n) is 2.68. The number of hydrogen-bond donors (Lipinski definition) is 1. The molecule has 2 unspecified atom stereocenters. The van der Waals surface area contributed by atoms with Gasteiger partial charge in [-0.15, -0.1) is 0 Å². The molecule has 0 amide bonds. The average Bonchev–Trinajstić information content (AvgIpc) is 2.32. The number of likely N-dealkylation sites (tertiary alicyclic amines) is 1. The molecule has 106 valence electrons. The topological polar surface area (TPSA) is 41.0 Å². The number of nitrogens with zero attached hydrogens (tertiary/aromatic N) is 3. The third-order valence-corrected chi connectivity index (χ3v) is 3.83. The third kappa shape index (κ3) is 3.66. The highest BCUT2D eigenvalue weighted by Gasteiger charge is 2.24. The van der Waals surface area contributed by atoms with Crippen LogP contribution in [0.15, 0.2) is 6.07 Å². The van der Waals surface area contributed by atoms with Gasteiger partial charge >= 0.3 is 0 Å². The molecular weight excluding hydrogens is 236 g/mol. The van der Waals surface area contributed by atoms with Gasteiger partial charge in [-0.2, -0.15) is 0 Å². The minimum atomic E-state index is 0.371. The Bertz CT molecular complexity index is 430. The van der Waals surface area contributed by atoms with Crippen LogP contribution in [0.5, 0.6) is 0 Å². The second-order valence-electron chi connectivity index (χ2n) is 6.19. The van der Waals surface area contributed by atoms with Crippen molar-refractivity contribution in [1.82, 2.24) is 14.9 Å². The number of rotatable bonds is 3. The summed E-state index contributed by atoms with van der Waals surface area (Å²) in [4.78, 5) is 11.5. The van der Waals surface area contributed by atoms with Gasteiger partial charge in [0.2, 0.25) is 0 Å². The molecule has 0 saturated carbocycles. The first-order chi connectivity index (χ1) is 8.95. The van der Waals surface area contributed by atoms with Gasteiger partial charge in [0.15, 0.2) is 0 Å². The zero-order valence-electron chi connectivity index (χ0n) is 12.8. The normalized spacial score (nSPS) is 24.7. The van der Waals surface area contributed by atoms with Crippen LogP contribution in [0, 0.1) is 12.8 Å². The van der Waals surface area contributed by atoms with E-state index in [9.17, 15) is 0 Å². The lowest BCUT2D eigenvalue weighted by Gasteiger charge is -2.35. The van der Waals surface area contributed by atoms with Crippen LogP contribution in [0.4, 0.5) is 5.82 Å². The molecule has 1 aliphatic rings. The zero-order valence-corrected chi connectivity index (χ0v) is 12.8. The van der Waals surface area contributed by atoms with Crippen molar-refractivity contribution < 1.29 is 0 Å². The lowest BCUT2D eigenvalue weighted by molar-refractivity contribution is 0.206. The Balaban J connectivity index is 2.10. The number of aryl methyl sites for hydroxylation is 1. The minimum absolute atomic E-state index is 0.371. The summed E-state index contributed by atoms with van der Waals surface area (Å²) in [5, 5.41) is 3.61. The Labute approximate surface area is 116 Å². The predicted molar refractivity (Wildman–Crippen MR) is 79.5 cm³/mol. The molecule has 1 fully saturated rings. The van der Waals surface area contributed by atoms with Crippen LogP contribution >= 0.6 is 0 Å². The summed E-state index contributed by atoms with van der Waals surface area (Å²) < 4.78 is 0. The number of nitrogens with one attached hydrogen (secondary N) is 1. The van der Waals surface area contributed by atoms with E-state index in [0.29, 0.717) is 17.9 Å². The number of piperidine rings is 1. The van der Waals surface area contributed by atoms with E-state index in [0.717, 1.165) is 30.4 Å². The molecule has 2 heterocycles. The van der Waals surface area contributed by atoms with E-state index in [2.05, 4.69) is 54.1 Å². The number of aromatic nitrogens is 2. The van der Waals surface area contributed by atoms with Gasteiger partial charge in [-0.25, -0.2) is 9.97 Å². The van der Waals surface area contributed by atoms with Gasteiger partial charge in [0, 0.05) is 30.3 Å². The molecule has 1 aliphatic heterocycles. The summed E-state index contributed by atoms with van der Waals surface area (Å²) in [6, 6.07) is 2.57. The molecule has 4 nitrogen and oxygen atoms in total. The first-order valence-corrected chi connectivity index (χ1v) is 7.26. The maximum atomic E-state index is 4.64. The summed E-state index contributed by atoms with van der Waals surface area (Å²) >= 11 is 0. The highest BCUT2D eigenvalue weighted by molar-refractivity contribution is 5.37. The fourth-order valence-corrected chi connectivity index (χ4v) is 2.68. The molecule has 2 atom stereocenters. The fraction of sp³-hybridized carbons (Fsp3) is 0.733. The summed E-state index contributed by atoms with van der Waals surface area (Å²) in [6.07, 6.45) is 1.18. The Kier molecular flexibility index (Phi) is 4.40. The van der Waals surface area contributed by atoms with Crippen molar-refractivity contribution in [3.05, 3.63) is 17.6 Å². The Morgan fingerprint density at radius 1 is 1.37 bits per heavy atom. The Hall–Kier alpha value is -1.16.